The summed E-state index contributed by atoms with van der Waals surface area (Å²) in [4.78, 5) is 9.78. The van der Waals surface area contributed by atoms with Gasteiger partial charge < -0.3 is 0 Å². The zero-order valence-electron chi connectivity index (χ0n) is 21.2. The minimum absolute atomic E-state index is 0.636. The van der Waals surface area contributed by atoms with Gasteiger partial charge in [0.1, 0.15) is 5.82 Å². The number of pyridine rings is 1. The molecular weight excluding hydrogens is 448 g/mol. The molecule has 0 radical (unpaired) electrons. The molecule has 0 atom stereocenters. The molecule has 1 N–H and O–H groups in total. The molecule has 1 aliphatic carbocycles. The number of nitrogens with one attached hydrogen (secondary N) is 1. The van der Waals surface area contributed by atoms with Crippen molar-refractivity contribution in [1.29, 1.82) is 0 Å². The van der Waals surface area contributed by atoms with Gasteiger partial charge in [-0.2, -0.15) is 5.10 Å². The highest BCUT2D eigenvalue weighted by Gasteiger charge is 2.17. The van der Waals surface area contributed by atoms with Crippen LogP contribution < -0.4 is 0 Å². The van der Waals surface area contributed by atoms with E-state index in [1.807, 2.05) is 30.5 Å². The van der Waals surface area contributed by atoms with Crippen LogP contribution in [-0.2, 0) is 19.4 Å². The van der Waals surface area contributed by atoms with Gasteiger partial charge in [-0.25, -0.2) is 14.8 Å². The molecule has 4 aromatic rings. The van der Waals surface area contributed by atoms with Crippen LogP contribution in [0.1, 0.15) is 81.9 Å². The van der Waals surface area contributed by atoms with E-state index in [1.165, 1.54) is 51.4 Å². The van der Waals surface area contributed by atoms with Crippen molar-refractivity contribution >= 4 is 0 Å². The van der Waals surface area contributed by atoms with E-state index in [2.05, 4.69) is 44.4 Å². The minimum Gasteiger partial charge on any atom is -0.256 e. The van der Waals surface area contributed by atoms with Gasteiger partial charge in [0.15, 0.2) is 11.6 Å². The molecule has 1 saturated carbocycles. The third kappa shape index (κ3) is 6.04. The van der Waals surface area contributed by atoms with Crippen LogP contribution >= 0.6 is 0 Å². The summed E-state index contributed by atoms with van der Waals surface area (Å²) in [5.74, 6) is 3.54. The Morgan fingerprint density at radius 1 is 1.00 bits per heavy atom. The first-order chi connectivity index (χ1) is 17.8. The predicted molar refractivity (Wildman–Crippen MR) is 140 cm³/mol. The molecule has 36 heavy (non-hydrogen) atoms. The van der Waals surface area contributed by atoms with Crippen molar-refractivity contribution in [3.63, 3.8) is 0 Å². The van der Waals surface area contributed by atoms with Crippen molar-refractivity contribution in [1.82, 2.24) is 40.4 Å². The van der Waals surface area contributed by atoms with E-state index in [-0.39, 0.29) is 0 Å². The summed E-state index contributed by atoms with van der Waals surface area (Å²) in [5, 5.41) is 19.3. The lowest BCUT2D eigenvalue weighted by Gasteiger charge is -2.20. The van der Waals surface area contributed by atoms with Crippen LogP contribution in [0.25, 0.3) is 22.6 Å². The smallest absolute Gasteiger partial charge is 0.180 e. The van der Waals surface area contributed by atoms with Crippen LogP contribution in [0.2, 0.25) is 0 Å². The minimum atomic E-state index is 0.636. The fourth-order valence-corrected chi connectivity index (χ4v) is 5.22. The quantitative estimate of drug-likeness (QED) is 0.270. The molecule has 0 bridgehead atoms. The van der Waals surface area contributed by atoms with Crippen molar-refractivity contribution in [2.75, 3.05) is 0 Å². The maximum absolute atomic E-state index is 4.99. The Balaban J connectivity index is 1.31. The van der Waals surface area contributed by atoms with Gasteiger partial charge in [0.05, 0.1) is 5.69 Å². The van der Waals surface area contributed by atoms with Crippen molar-refractivity contribution < 1.29 is 0 Å². The highest BCUT2D eigenvalue weighted by atomic mass is 15.5. The first-order valence-corrected chi connectivity index (χ1v) is 13.5. The predicted octanol–water partition coefficient (Wildman–Crippen LogP) is 5.81. The first kappa shape index (κ1) is 24.3. The van der Waals surface area contributed by atoms with Crippen molar-refractivity contribution in [2.45, 2.75) is 84.1 Å². The standard InChI is InChI=1S/C28H36N8/c1-2-3-9-18-36-27(30-26(33-36)17-15-21-10-5-4-6-11-21)19-22-14-16-25(29-20-22)23-12-7-8-13-24(23)28-31-34-35-32-28/h7-8,12-14,16,20-21H,2-6,9-11,15,17-19H2,1H3,(H,31,32,34,35). The number of aryl methyl sites for hydroxylation is 2. The number of tetrazole rings is 1. The number of benzene rings is 1. The van der Waals surface area contributed by atoms with Crippen LogP contribution in [0.15, 0.2) is 42.6 Å². The van der Waals surface area contributed by atoms with Gasteiger partial charge in [0, 0.05) is 36.7 Å². The molecule has 0 aliphatic heterocycles. The Bertz CT molecular complexity index is 1210. The summed E-state index contributed by atoms with van der Waals surface area (Å²) < 4.78 is 2.14. The number of hydrogen-bond acceptors (Lipinski definition) is 6. The van der Waals surface area contributed by atoms with Gasteiger partial charge in [0.2, 0.25) is 0 Å². The van der Waals surface area contributed by atoms with Gasteiger partial charge in [0.25, 0.3) is 0 Å². The van der Waals surface area contributed by atoms with Crippen LogP contribution in [0.5, 0.6) is 0 Å². The molecular formula is C28H36N8. The normalized spacial score (nSPS) is 14.4. The number of rotatable bonds is 11. The SMILES string of the molecule is CCCCCn1nc(CCC2CCCCC2)nc1Cc1ccc(-c2ccccc2-c2nnn[nH]2)nc1. The first-order valence-electron chi connectivity index (χ1n) is 13.5. The number of unbranched alkanes of at least 4 members (excludes halogenated alkanes) is 2. The molecule has 1 aromatic carbocycles. The van der Waals surface area contributed by atoms with E-state index in [9.17, 15) is 0 Å². The fraction of sp³-hybridized carbons (Fsp3) is 0.500. The molecule has 8 nitrogen and oxygen atoms in total. The van der Waals surface area contributed by atoms with E-state index in [1.54, 1.807) is 0 Å². The van der Waals surface area contributed by atoms with E-state index in [0.29, 0.717) is 5.82 Å². The second-order valence-corrected chi connectivity index (χ2v) is 9.94. The van der Waals surface area contributed by atoms with E-state index < -0.39 is 0 Å². The molecule has 0 unspecified atom stereocenters. The molecule has 0 amide bonds. The van der Waals surface area contributed by atoms with Gasteiger partial charge in [-0.1, -0.05) is 82.2 Å². The number of H-pyrrole nitrogens is 1. The molecule has 1 aliphatic rings. The second-order valence-electron chi connectivity index (χ2n) is 9.94. The average molecular weight is 485 g/mol. The zero-order chi connectivity index (χ0) is 24.6. The topological polar surface area (TPSA) is 98.1 Å². The Labute approximate surface area is 213 Å². The van der Waals surface area contributed by atoms with Crippen LogP contribution in [0.4, 0.5) is 0 Å². The lowest BCUT2D eigenvalue weighted by atomic mass is 9.86. The highest BCUT2D eigenvalue weighted by molar-refractivity contribution is 5.78. The monoisotopic (exact) mass is 484 g/mol. The van der Waals surface area contributed by atoms with Gasteiger partial charge >= 0.3 is 0 Å². The van der Waals surface area contributed by atoms with Gasteiger partial charge in [-0.05, 0) is 40.8 Å². The third-order valence-corrected chi connectivity index (χ3v) is 7.26. The molecule has 188 valence electrons. The van der Waals surface area contributed by atoms with Gasteiger partial charge in [-0.3, -0.25) is 4.98 Å². The molecule has 0 saturated heterocycles. The summed E-state index contributed by atoms with van der Waals surface area (Å²) >= 11 is 0. The summed E-state index contributed by atoms with van der Waals surface area (Å²) in [6.07, 6.45) is 15.4. The van der Waals surface area contributed by atoms with E-state index in [0.717, 1.165) is 65.8 Å². The average Bonchev–Trinajstić information content (AvgIpc) is 3.59. The number of hydrogen-bond donors (Lipinski definition) is 1. The molecule has 1 fully saturated rings. The van der Waals surface area contributed by atoms with Crippen molar-refractivity contribution in [2.24, 2.45) is 5.92 Å². The summed E-state index contributed by atoms with van der Waals surface area (Å²) in [5.41, 5.74) is 3.96. The summed E-state index contributed by atoms with van der Waals surface area (Å²) in [6, 6.07) is 12.2. The van der Waals surface area contributed by atoms with Crippen LogP contribution in [-0.4, -0.2) is 40.4 Å². The fourth-order valence-electron chi connectivity index (χ4n) is 5.22. The molecule has 3 aromatic heterocycles. The summed E-state index contributed by atoms with van der Waals surface area (Å²) in [7, 11) is 0. The van der Waals surface area contributed by atoms with E-state index >= 15 is 0 Å². The Hall–Kier alpha value is -3.42. The zero-order valence-corrected chi connectivity index (χ0v) is 21.2. The Morgan fingerprint density at radius 2 is 1.86 bits per heavy atom. The van der Waals surface area contributed by atoms with Crippen LogP contribution in [0, 0.1) is 5.92 Å². The molecule has 0 spiro atoms. The second kappa shape index (κ2) is 12.0. The molecule has 8 heteroatoms. The number of aromatic amines is 1. The number of aromatic nitrogens is 8. The molecule has 3 heterocycles. The lowest BCUT2D eigenvalue weighted by molar-refractivity contribution is 0.337. The van der Waals surface area contributed by atoms with Crippen LogP contribution in [0.3, 0.4) is 0 Å². The van der Waals surface area contributed by atoms with Crippen molar-refractivity contribution in [3.8, 4) is 22.6 Å². The van der Waals surface area contributed by atoms with E-state index in [4.69, 9.17) is 15.1 Å². The molecule has 5 rings (SSSR count). The number of nitrogens with zero attached hydrogens (tertiary/aromatic N) is 7. The summed E-state index contributed by atoms with van der Waals surface area (Å²) in [6.45, 7) is 3.17. The van der Waals surface area contributed by atoms with Crippen molar-refractivity contribution in [3.05, 3.63) is 59.8 Å². The maximum Gasteiger partial charge on any atom is 0.180 e. The highest BCUT2D eigenvalue weighted by Crippen LogP contribution is 2.29. The third-order valence-electron chi connectivity index (χ3n) is 7.26. The lowest BCUT2D eigenvalue weighted by Crippen LogP contribution is -2.08. The largest absolute Gasteiger partial charge is 0.256 e. The maximum atomic E-state index is 4.99. The Kier molecular flexibility index (Phi) is 8.10. The van der Waals surface area contributed by atoms with Gasteiger partial charge in [-0.15, -0.1) is 5.10 Å². The Morgan fingerprint density at radius 3 is 2.61 bits per heavy atom.